The number of nitrogens with one attached hydrogen (secondary N) is 2. The summed E-state index contributed by atoms with van der Waals surface area (Å²) in [6.45, 7) is 13.3. The lowest BCUT2D eigenvalue weighted by atomic mass is 10.0. The second-order valence-electron chi connectivity index (χ2n) is 5.93. The first-order chi connectivity index (χ1) is 10.1. The van der Waals surface area contributed by atoms with Crippen molar-refractivity contribution in [2.45, 2.75) is 26.8 Å². The van der Waals surface area contributed by atoms with Crippen molar-refractivity contribution >= 4 is 29.9 Å². The van der Waals surface area contributed by atoms with E-state index < -0.39 is 0 Å². The Labute approximate surface area is 153 Å². The minimum atomic E-state index is 0. The van der Waals surface area contributed by atoms with E-state index >= 15 is 0 Å². The van der Waals surface area contributed by atoms with Gasteiger partial charge >= 0.3 is 0 Å². The van der Waals surface area contributed by atoms with Crippen molar-refractivity contribution in [1.29, 1.82) is 0 Å². The van der Waals surface area contributed by atoms with E-state index in [1.165, 1.54) is 0 Å². The number of guanidine groups is 1. The highest BCUT2D eigenvalue weighted by Crippen LogP contribution is 2.13. The fourth-order valence-corrected chi connectivity index (χ4v) is 2.56. The van der Waals surface area contributed by atoms with E-state index in [9.17, 15) is 0 Å². The van der Waals surface area contributed by atoms with Crippen LogP contribution in [0.15, 0.2) is 4.99 Å². The Kier molecular flexibility index (Phi) is 11.7. The average Bonchev–Trinajstić information content (AvgIpc) is 2.46. The molecule has 2 N–H and O–H groups in total. The Hall–Kier alpha value is -0.520. The second kappa shape index (κ2) is 12.0. The minimum Gasteiger partial charge on any atom is -0.357 e. The summed E-state index contributed by atoms with van der Waals surface area (Å²) in [7, 11) is 2.19. The molecule has 1 heterocycles. The number of piperazine rings is 1. The Bertz CT molecular complexity index is 356. The third-order valence-corrected chi connectivity index (χ3v) is 3.92. The summed E-state index contributed by atoms with van der Waals surface area (Å²) in [5.74, 6) is 3.99. The van der Waals surface area contributed by atoms with Crippen molar-refractivity contribution in [3.8, 4) is 12.3 Å². The largest absolute Gasteiger partial charge is 0.357 e. The molecule has 1 fully saturated rings. The molecule has 128 valence electrons. The second-order valence-corrected chi connectivity index (χ2v) is 5.93. The van der Waals surface area contributed by atoms with Gasteiger partial charge in [-0.25, -0.2) is 0 Å². The number of nitrogens with zero attached hydrogens (tertiary/aromatic N) is 3. The van der Waals surface area contributed by atoms with Crippen LogP contribution in [0.5, 0.6) is 0 Å². The molecule has 0 bridgehead atoms. The Morgan fingerprint density at radius 2 is 1.86 bits per heavy atom. The highest BCUT2D eigenvalue weighted by molar-refractivity contribution is 14.0. The van der Waals surface area contributed by atoms with Gasteiger partial charge in [0.05, 0.1) is 13.1 Å². The van der Waals surface area contributed by atoms with Crippen LogP contribution in [0.25, 0.3) is 0 Å². The van der Waals surface area contributed by atoms with Crippen molar-refractivity contribution < 1.29 is 0 Å². The molecule has 5 nitrogen and oxygen atoms in total. The van der Waals surface area contributed by atoms with Crippen LogP contribution in [0.4, 0.5) is 0 Å². The molecular weight excluding hydrogens is 389 g/mol. The lowest BCUT2D eigenvalue weighted by Crippen LogP contribution is -2.52. The van der Waals surface area contributed by atoms with Crippen molar-refractivity contribution in [3.05, 3.63) is 0 Å². The average molecular weight is 421 g/mol. The number of aliphatic imine (C=N–C) groups is 1. The molecule has 1 rings (SSSR count). The number of likely N-dealkylation sites (N-methyl/N-ethyl adjacent to an activating group) is 1. The van der Waals surface area contributed by atoms with Gasteiger partial charge in [-0.15, -0.1) is 30.4 Å². The first kappa shape index (κ1) is 21.5. The van der Waals surface area contributed by atoms with Crippen molar-refractivity contribution in [2.75, 3.05) is 52.9 Å². The zero-order valence-electron chi connectivity index (χ0n) is 14.4. The molecule has 22 heavy (non-hydrogen) atoms. The number of rotatable bonds is 6. The molecule has 1 aliphatic heterocycles. The number of halogens is 1. The molecule has 0 aromatic rings. The van der Waals surface area contributed by atoms with Gasteiger partial charge in [-0.05, 0) is 19.9 Å². The van der Waals surface area contributed by atoms with Gasteiger partial charge in [-0.3, -0.25) is 9.89 Å². The quantitative estimate of drug-likeness (QED) is 0.292. The molecule has 1 saturated heterocycles. The maximum Gasteiger partial charge on any atom is 0.192 e. The van der Waals surface area contributed by atoms with Crippen LogP contribution in [0.3, 0.4) is 0 Å². The Balaban J connectivity index is 0.00000441. The van der Waals surface area contributed by atoms with Crippen LogP contribution in [0.2, 0.25) is 0 Å². The Morgan fingerprint density at radius 3 is 2.36 bits per heavy atom. The maximum absolute atomic E-state index is 5.30. The van der Waals surface area contributed by atoms with E-state index in [1.54, 1.807) is 0 Å². The highest BCUT2D eigenvalue weighted by Gasteiger charge is 2.24. The lowest BCUT2D eigenvalue weighted by molar-refractivity contribution is 0.0925. The third-order valence-electron chi connectivity index (χ3n) is 3.92. The summed E-state index contributed by atoms with van der Waals surface area (Å²) in [4.78, 5) is 9.66. The first-order valence-electron chi connectivity index (χ1n) is 7.96. The van der Waals surface area contributed by atoms with Gasteiger partial charge in [0, 0.05) is 38.8 Å². The van der Waals surface area contributed by atoms with Gasteiger partial charge in [0.15, 0.2) is 5.96 Å². The number of hydrogen-bond acceptors (Lipinski definition) is 3. The molecule has 0 aliphatic carbocycles. The maximum atomic E-state index is 5.30. The summed E-state index contributed by atoms with van der Waals surface area (Å²) < 4.78 is 0. The summed E-state index contributed by atoms with van der Waals surface area (Å²) in [5, 5.41) is 6.39. The smallest absolute Gasteiger partial charge is 0.192 e. The lowest BCUT2D eigenvalue weighted by Gasteiger charge is -2.39. The fourth-order valence-electron chi connectivity index (χ4n) is 2.56. The molecule has 0 aromatic heterocycles. The van der Waals surface area contributed by atoms with Crippen molar-refractivity contribution in [1.82, 2.24) is 20.4 Å². The van der Waals surface area contributed by atoms with Crippen LogP contribution in [-0.4, -0.2) is 74.7 Å². The molecule has 1 aliphatic rings. The van der Waals surface area contributed by atoms with E-state index in [4.69, 9.17) is 11.4 Å². The van der Waals surface area contributed by atoms with Crippen LogP contribution < -0.4 is 10.6 Å². The summed E-state index contributed by atoms with van der Waals surface area (Å²) in [6.07, 6.45) is 5.30. The van der Waals surface area contributed by atoms with Gasteiger partial charge in [0.2, 0.25) is 0 Å². The zero-order chi connectivity index (χ0) is 15.7. The third kappa shape index (κ3) is 7.65. The van der Waals surface area contributed by atoms with Crippen molar-refractivity contribution in [2.24, 2.45) is 10.9 Å². The predicted molar refractivity (Wildman–Crippen MR) is 106 cm³/mol. The van der Waals surface area contributed by atoms with E-state index in [0.29, 0.717) is 18.5 Å². The predicted octanol–water partition coefficient (Wildman–Crippen LogP) is 1.06. The van der Waals surface area contributed by atoms with Crippen LogP contribution in [-0.2, 0) is 0 Å². The van der Waals surface area contributed by atoms with Gasteiger partial charge in [-0.2, -0.15) is 0 Å². The fraction of sp³-hybridized carbons (Fsp3) is 0.812. The number of hydrogen-bond donors (Lipinski definition) is 2. The molecule has 6 heteroatoms. The van der Waals surface area contributed by atoms with Crippen LogP contribution >= 0.6 is 24.0 Å². The highest BCUT2D eigenvalue weighted by atomic mass is 127. The van der Waals surface area contributed by atoms with E-state index in [1.807, 2.05) is 0 Å². The SMILES string of the molecule is C#CCNC(=NCC(C(C)C)N1CCN(C)CC1)NCC.I. The summed E-state index contributed by atoms with van der Waals surface area (Å²) >= 11 is 0. The normalized spacial score (nSPS) is 18.5. The molecule has 0 amide bonds. The molecule has 0 saturated carbocycles. The monoisotopic (exact) mass is 421 g/mol. The molecule has 0 aromatic carbocycles. The van der Waals surface area contributed by atoms with Gasteiger partial charge < -0.3 is 15.5 Å². The van der Waals surface area contributed by atoms with Crippen molar-refractivity contribution in [3.63, 3.8) is 0 Å². The molecule has 1 atom stereocenters. The van der Waals surface area contributed by atoms with Gasteiger partial charge in [0.25, 0.3) is 0 Å². The molecule has 0 radical (unpaired) electrons. The molecular formula is C16H32IN5. The minimum absolute atomic E-state index is 0. The van der Waals surface area contributed by atoms with Gasteiger partial charge in [0.1, 0.15) is 0 Å². The zero-order valence-corrected chi connectivity index (χ0v) is 16.8. The molecule has 0 spiro atoms. The summed E-state index contributed by atoms with van der Waals surface area (Å²) in [6, 6.07) is 0.486. The topological polar surface area (TPSA) is 42.9 Å². The van der Waals surface area contributed by atoms with E-state index in [2.05, 4.69) is 54.2 Å². The van der Waals surface area contributed by atoms with E-state index in [-0.39, 0.29) is 24.0 Å². The Morgan fingerprint density at radius 1 is 1.23 bits per heavy atom. The number of terminal acetylenes is 1. The van der Waals surface area contributed by atoms with Crippen LogP contribution in [0.1, 0.15) is 20.8 Å². The van der Waals surface area contributed by atoms with Gasteiger partial charge in [-0.1, -0.05) is 19.8 Å². The van der Waals surface area contributed by atoms with Crippen LogP contribution in [0, 0.1) is 18.3 Å². The summed E-state index contributed by atoms with van der Waals surface area (Å²) in [5.41, 5.74) is 0. The standard InChI is InChI=1S/C16H31N5.HI/c1-6-8-18-16(17-7-2)19-13-15(14(3)4)21-11-9-20(5)10-12-21;/h1,14-15H,7-13H2,2-5H3,(H2,17,18,19);1H. The van der Waals surface area contributed by atoms with E-state index in [0.717, 1.165) is 45.2 Å². The first-order valence-corrected chi connectivity index (χ1v) is 7.96. The molecule has 1 unspecified atom stereocenters.